The van der Waals surface area contributed by atoms with E-state index in [9.17, 15) is 5.11 Å². The molecule has 0 saturated carbocycles. The summed E-state index contributed by atoms with van der Waals surface area (Å²) >= 11 is 6.23. The highest BCUT2D eigenvalue weighted by molar-refractivity contribution is 6.31. The van der Waals surface area contributed by atoms with Crippen LogP contribution in [-0.2, 0) is 6.54 Å². The quantitative estimate of drug-likeness (QED) is 0.717. The number of aliphatic hydroxyl groups is 1. The highest BCUT2D eigenvalue weighted by atomic mass is 35.5. The summed E-state index contributed by atoms with van der Waals surface area (Å²) < 4.78 is 0. The number of aryl methyl sites for hydroxylation is 1. The van der Waals surface area contributed by atoms with Crippen molar-refractivity contribution in [1.29, 1.82) is 0 Å². The molecule has 1 atom stereocenters. The third-order valence-corrected chi connectivity index (χ3v) is 5.29. The molecule has 6 nitrogen and oxygen atoms in total. The van der Waals surface area contributed by atoms with Gasteiger partial charge in [-0.3, -0.25) is 9.88 Å². The van der Waals surface area contributed by atoms with Gasteiger partial charge >= 0.3 is 0 Å². The third kappa shape index (κ3) is 3.88. The Balaban J connectivity index is 1.66. The zero-order valence-electron chi connectivity index (χ0n) is 15.4. The molecule has 1 aromatic carbocycles. The molecular weight excluding hydrogens is 362 g/mol. The minimum atomic E-state index is -0.222. The van der Waals surface area contributed by atoms with Crippen molar-refractivity contribution in [3.63, 3.8) is 0 Å². The van der Waals surface area contributed by atoms with E-state index in [-0.39, 0.29) is 6.10 Å². The van der Waals surface area contributed by atoms with Crippen molar-refractivity contribution in [3.8, 4) is 0 Å². The number of fused-ring (bicyclic) bond motifs is 1. The summed E-state index contributed by atoms with van der Waals surface area (Å²) in [4.78, 5) is 16.0. The van der Waals surface area contributed by atoms with Crippen LogP contribution in [-0.4, -0.2) is 44.2 Å². The summed E-state index contributed by atoms with van der Waals surface area (Å²) in [6.45, 7) is 6.22. The van der Waals surface area contributed by atoms with Crippen molar-refractivity contribution in [1.82, 2.24) is 19.9 Å². The Morgan fingerprint density at radius 2 is 2.15 bits per heavy atom. The van der Waals surface area contributed by atoms with Gasteiger partial charge in [0.05, 0.1) is 11.6 Å². The summed E-state index contributed by atoms with van der Waals surface area (Å²) in [5.74, 6) is 1.35. The average Bonchev–Trinajstić information content (AvgIpc) is 3.03. The third-order valence-electron chi connectivity index (χ3n) is 4.88. The van der Waals surface area contributed by atoms with Gasteiger partial charge in [-0.2, -0.15) is 0 Å². The van der Waals surface area contributed by atoms with Crippen LogP contribution in [0.3, 0.4) is 0 Å². The van der Waals surface area contributed by atoms with Gasteiger partial charge in [-0.15, -0.1) is 0 Å². The van der Waals surface area contributed by atoms with Crippen LogP contribution in [0.1, 0.15) is 23.4 Å². The molecule has 2 aromatic heterocycles. The summed E-state index contributed by atoms with van der Waals surface area (Å²) in [5.41, 5.74) is 4.48. The first-order chi connectivity index (χ1) is 13.0. The SMILES string of the molecule is Cc1nc(Nc2cccc(Cl)c2C)c2ncc(CN3CC[C@@H](O)C3)cc2n1. The van der Waals surface area contributed by atoms with Crippen LogP contribution in [0, 0.1) is 13.8 Å². The molecule has 1 aliphatic heterocycles. The highest BCUT2D eigenvalue weighted by Crippen LogP contribution is 2.28. The lowest BCUT2D eigenvalue weighted by Gasteiger charge is -2.16. The molecular formula is C20H22ClN5O. The number of benzene rings is 1. The number of nitrogens with zero attached hydrogens (tertiary/aromatic N) is 4. The van der Waals surface area contributed by atoms with Crippen LogP contribution in [0.5, 0.6) is 0 Å². The van der Waals surface area contributed by atoms with E-state index in [1.165, 1.54) is 0 Å². The maximum Gasteiger partial charge on any atom is 0.160 e. The van der Waals surface area contributed by atoms with Gasteiger partial charge in [-0.05, 0) is 49.6 Å². The monoisotopic (exact) mass is 383 g/mol. The number of pyridine rings is 1. The van der Waals surface area contributed by atoms with Crippen LogP contribution in [0.25, 0.3) is 11.0 Å². The molecule has 2 N–H and O–H groups in total. The van der Waals surface area contributed by atoms with Gasteiger partial charge in [-0.25, -0.2) is 9.97 Å². The molecule has 0 radical (unpaired) electrons. The maximum atomic E-state index is 9.71. The predicted octanol–water partition coefficient (Wildman–Crippen LogP) is 3.61. The van der Waals surface area contributed by atoms with Gasteiger partial charge in [0.1, 0.15) is 11.3 Å². The van der Waals surface area contributed by atoms with E-state index in [0.717, 1.165) is 47.4 Å². The number of likely N-dealkylation sites (tertiary alicyclic amines) is 1. The molecule has 3 heterocycles. The summed E-state index contributed by atoms with van der Waals surface area (Å²) in [7, 11) is 0. The molecule has 27 heavy (non-hydrogen) atoms. The number of hydrogen-bond donors (Lipinski definition) is 2. The fraction of sp³-hybridized carbons (Fsp3) is 0.350. The predicted molar refractivity (Wildman–Crippen MR) is 107 cm³/mol. The molecule has 7 heteroatoms. The maximum absolute atomic E-state index is 9.71. The zero-order valence-corrected chi connectivity index (χ0v) is 16.2. The average molecular weight is 384 g/mol. The number of halogens is 1. The van der Waals surface area contributed by atoms with E-state index < -0.39 is 0 Å². The second-order valence-electron chi connectivity index (χ2n) is 7.05. The Kier molecular flexibility index (Phi) is 4.95. The minimum absolute atomic E-state index is 0.222. The fourth-order valence-corrected chi connectivity index (χ4v) is 3.61. The van der Waals surface area contributed by atoms with Crippen LogP contribution < -0.4 is 5.32 Å². The fourth-order valence-electron chi connectivity index (χ4n) is 3.43. The number of β-amino-alcohol motifs (C(OH)–C–C–N with tert-alkyl or cyclic N) is 1. The van der Waals surface area contributed by atoms with Crippen molar-refractivity contribution < 1.29 is 5.11 Å². The highest BCUT2D eigenvalue weighted by Gasteiger charge is 2.20. The van der Waals surface area contributed by atoms with E-state index in [2.05, 4.69) is 31.2 Å². The van der Waals surface area contributed by atoms with Crippen LogP contribution in [0.15, 0.2) is 30.5 Å². The van der Waals surface area contributed by atoms with Crippen molar-refractivity contribution in [2.24, 2.45) is 0 Å². The van der Waals surface area contributed by atoms with Gasteiger partial charge in [0.25, 0.3) is 0 Å². The van der Waals surface area contributed by atoms with Crippen molar-refractivity contribution >= 4 is 34.1 Å². The van der Waals surface area contributed by atoms with E-state index in [1.54, 1.807) is 0 Å². The van der Waals surface area contributed by atoms with Gasteiger partial charge in [-0.1, -0.05) is 17.7 Å². The molecule has 1 aliphatic rings. The Bertz CT molecular complexity index is 994. The van der Waals surface area contributed by atoms with Gasteiger partial charge in [0.15, 0.2) is 5.82 Å². The first-order valence-electron chi connectivity index (χ1n) is 9.05. The normalized spacial score (nSPS) is 17.6. The summed E-state index contributed by atoms with van der Waals surface area (Å²) in [6, 6.07) is 7.80. The first-order valence-corrected chi connectivity index (χ1v) is 9.43. The molecule has 0 spiro atoms. The number of aromatic nitrogens is 3. The van der Waals surface area contributed by atoms with Crippen molar-refractivity contribution in [2.45, 2.75) is 32.9 Å². The first kappa shape index (κ1) is 18.1. The summed E-state index contributed by atoms with van der Waals surface area (Å²) in [5, 5.41) is 13.8. The van der Waals surface area contributed by atoms with Crippen LogP contribution >= 0.6 is 11.6 Å². The molecule has 0 bridgehead atoms. The standard InChI is InChI=1S/C20H22ClN5O/c1-12-16(21)4-3-5-17(12)25-20-19-18(23-13(2)24-20)8-14(9-22-19)10-26-7-6-15(27)11-26/h3-5,8-9,15,27H,6-7,10-11H2,1-2H3,(H,23,24,25)/t15-/m1/s1. The Morgan fingerprint density at radius 3 is 2.93 bits per heavy atom. The number of aliphatic hydroxyl groups excluding tert-OH is 1. The lowest BCUT2D eigenvalue weighted by molar-refractivity contribution is 0.175. The Hall–Kier alpha value is -2.28. The van der Waals surface area contributed by atoms with Crippen molar-refractivity contribution in [3.05, 3.63) is 52.4 Å². The van der Waals surface area contributed by atoms with Gasteiger partial charge in [0, 0.05) is 36.5 Å². The number of rotatable bonds is 4. The second kappa shape index (κ2) is 7.38. The van der Waals surface area contributed by atoms with Gasteiger partial charge in [0.2, 0.25) is 0 Å². The molecule has 140 valence electrons. The van der Waals surface area contributed by atoms with Gasteiger partial charge < -0.3 is 10.4 Å². The Morgan fingerprint density at radius 1 is 1.30 bits per heavy atom. The van der Waals surface area contributed by atoms with E-state index >= 15 is 0 Å². The number of hydrogen-bond acceptors (Lipinski definition) is 6. The second-order valence-corrected chi connectivity index (χ2v) is 7.45. The lowest BCUT2D eigenvalue weighted by atomic mass is 10.2. The lowest BCUT2D eigenvalue weighted by Crippen LogP contribution is -2.21. The Labute approximate surface area is 163 Å². The molecule has 1 fully saturated rings. The summed E-state index contributed by atoms with van der Waals surface area (Å²) in [6.07, 6.45) is 2.47. The largest absolute Gasteiger partial charge is 0.392 e. The topological polar surface area (TPSA) is 74.2 Å². The van der Waals surface area contributed by atoms with Crippen LogP contribution in [0.2, 0.25) is 5.02 Å². The van der Waals surface area contributed by atoms with Crippen LogP contribution in [0.4, 0.5) is 11.5 Å². The molecule has 0 amide bonds. The van der Waals surface area contributed by atoms with E-state index in [0.29, 0.717) is 23.2 Å². The molecule has 0 aliphatic carbocycles. The number of nitrogens with one attached hydrogen (secondary N) is 1. The van der Waals surface area contributed by atoms with E-state index in [4.69, 9.17) is 11.6 Å². The van der Waals surface area contributed by atoms with E-state index in [1.807, 2.05) is 38.2 Å². The molecule has 0 unspecified atom stereocenters. The number of anilines is 2. The minimum Gasteiger partial charge on any atom is -0.392 e. The molecule has 4 rings (SSSR count). The smallest absolute Gasteiger partial charge is 0.160 e. The zero-order chi connectivity index (χ0) is 19.0. The molecule has 3 aromatic rings. The molecule has 1 saturated heterocycles. The van der Waals surface area contributed by atoms with Crippen molar-refractivity contribution in [2.75, 3.05) is 18.4 Å².